The minimum Gasteiger partial charge on any atom is -0.748 e. The Labute approximate surface area is 265 Å². The predicted molar refractivity (Wildman–Crippen MR) is 169 cm³/mol. The fraction of sp³-hybridized carbons (Fsp3) is 0.594. The van der Waals surface area contributed by atoms with Gasteiger partial charge in [0, 0.05) is 66.1 Å². The van der Waals surface area contributed by atoms with Gasteiger partial charge in [0.25, 0.3) is 0 Å². The van der Waals surface area contributed by atoms with Gasteiger partial charge < -0.3 is 23.5 Å². The zero-order valence-corrected chi connectivity index (χ0v) is 28.4. The Morgan fingerprint density at radius 1 is 1.00 bits per heavy atom. The molecule has 0 aromatic heterocycles. The van der Waals surface area contributed by atoms with Gasteiger partial charge in [-0.3, -0.25) is 0 Å². The van der Waals surface area contributed by atoms with Crippen molar-refractivity contribution >= 4 is 37.4 Å². The van der Waals surface area contributed by atoms with E-state index in [1.807, 2.05) is 38.1 Å². The minimum atomic E-state index is -4.51. The molecule has 0 bridgehead atoms. The number of fused-ring (bicyclic) bond motifs is 4. The van der Waals surface area contributed by atoms with Crippen LogP contribution in [0.15, 0.2) is 29.3 Å². The number of Topliss-reactive ketones (excluding diaryl/α,β-unsaturated/α-hetero) is 1. The van der Waals surface area contributed by atoms with Crippen LogP contribution in [0.2, 0.25) is 0 Å². The van der Waals surface area contributed by atoms with Crippen LogP contribution in [-0.4, -0.2) is 67.4 Å². The Balaban J connectivity index is 1.63. The third-order valence-corrected chi connectivity index (χ3v) is 10.9. The van der Waals surface area contributed by atoms with Gasteiger partial charge in [0.1, 0.15) is 23.4 Å². The number of nitrogens with zero attached hydrogens (tertiary/aromatic N) is 3. The lowest BCUT2D eigenvalue weighted by molar-refractivity contribution is -0.117. The lowest BCUT2D eigenvalue weighted by atomic mass is 9.79. The van der Waals surface area contributed by atoms with Gasteiger partial charge in [-0.1, -0.05) is 6.92 Å². The van der Waals surface area contributed by atoms with Crippen LogP contribution in [0.4, 0.5) is 11.4 Å². The Bertz CT molecular complexity index is 1890. The van der Waals surface area contributed by atoms with Crippen molar-refractivity contribution in [2.24, 2.45) is 4.99 Å². The molecular formula is C32H42N3O8S2-. The molecule has 2 aromatic carbocycles. The molecule has 0 saturated heterocycles. The minimum absolute atomic E-state index is 0.0917. The molecule has 2 aromatic rings. The summed E-state index contributed by atoms with van der Waals surface area (Å²) in [5, 5.41) is 1.30. The number of carbonyl (C=O) groups excluding carboxylic acids is 1. The normalized spacial score (nSPS) is 21.5. The van der Waals surface area contributed by atoms with Crippen LogP contribution in [0.1, 0.15) is 96.6 Å². The SMILES string of the molecule is CC(=O)CCC[N+]1=c2cc3c(cc2C(CS(=O)(=O)[O-])CC1(C)C)=Nc1cc2c(cc1O3)N(CCCS(=O)(=O)[O-])C(C)(C)CC2C. The van der Waals surface area contributed by atoms with E-state index in [4.69, 9.17) is 9.73 Å². The molecule has 3 aliphatic rings. The molecule has 3 heterocycles. The summed E-state index contributed by atoms with van der Waals surface area (Å²) in [5.41, 5.74) is 2.51. The lowest BCUT2D eigenvalue weighted by Gasteiger charge is -2.48. The monoisotopic (exact) mass is 660 g/mol. The van der Waals surface area contributed by atoms with Crippen molar-refractivity contribution in [1.29, 1.82) is 0 Å². The summed E-state index contributed by atoms with van der Waals surface area (Å²) in [7, 11) is -8.84. The maximum Gasteiger partial charge on any atom is 0.207 e. The van der Waals surface area contributed by atoms with Crippen LogP contribution in [-0.2, 0) is 25.0 Å². The first-order valence-corrected chi connectivity index (χ1v) is 18.6. The molecule has 11 nitrogen and oxygen atoms in total. The van der Waals surface area contributed by atoms with Crippen LogP contribution in [0.5, 0.6) is 11.5 Å². The number of ether oxygens (including phenoxy) is 1. The van der Waals surface area contributed by atoms with Crippen molar-refractivity contribution in [3.8, 4) is 11.5 Å². The largest absolute Gasteiger partial charge is 0.748 e. The summed E-state index contributed by atoms with van der Waals surface area (Å²) < 4.78 is 78.4. The molecule has 5 rings (SSSR count). The van der Waals surface area contributed by atoms with E-state index in [1.165, 1.54) is 0 Å². The van der Waals surface area contributed by atoms with E-state index in [9.17, 15) is 30.7 Å². The van der Waals surface area contributed by atoms with Gasteiger partial charge >= 0.3 is 0 Å². The third kappa shape index (κ3) is 7.26. The molecule has 3 aliphatic heterocycles. The summed E-state index contributed by atoms with van der Waals surface area (Å²) in [4.78, 5) is 18.8. The van der Waals surface area contributed by atoms with Crippen molar-refractivity contribution in [1.82, 2.24) is 4.58 Å². The summed E-state index contributed by atoms with van der Waals surface area (Å²) in [6.45, 7) is 12.9. The molecule has 2 atom stereocenters. The predicted octanol–water partition coefficient (Wildman–Crippen LogP) is 3.44. The van der Waals surface area contributed by atoms with E-state index in [-0.39, 0.29) is 23.7 Å². The summed E-state index contributed by atoms with van der Waals surface area (Å²) in [5.74, 6) is -0.193. The molecule has 0 N–H and O–H groups in total. The molecule has 0 radical (unpaired) electrons. The van der Waals surface area contributed by atoms with Crippen LogP contribution in [0.25, 0.3) is 0 Å². The zero-order chi connectivity index (χ0) is 33.1. The molecular weight excluding hydrogens is 618 g/mol. The number of ketones is 1. The van der Waals surface area contributed by atoms with Crippen molar-refractivity contribution in [2.45, 2.75) is 96.6 Å². The second-order valence-electron chi connectivity index (χ2n) is 14.1. The fourth-order valence-corrected chi connectivity index (χ4v) is 8.77. The molecule has 0 fully saturated rings. The summed E-state index contributed by atoms with van der Waals surface area (Å²) in [6, 6.07) is 7.61. The number of hydrogen-bond acceptors (Lipinski definition) is 10. The van der Waals surface area contributed by atoms with Crippen molar-refractivity contribution in [2.75, 3.05) is 29.5 Å². The zero-order valence-electron chi connectivity index (χ0n) is 26.8. The average molecular weight is 661 g/mol. The number of carbonyl (C=O) groups is 1. The van der Waals surface area contributed by atoms with E-state index in [1.54, 1.807) is 6.92 Å². The Morgan fingerprint density at radius 2 is 1.71 bits per heavy atom. The van der Waals surface area contributed by atoms with Crippen LogP contribution < -0.4 is 24.9 Å². The maximum atomic E-state index is 12.0. The van der Waals surface area contributed by atoms with Crippen LogP contribution >= 0.6 is 0 Å². The highest BCUT2D eigenvalue weighted by molar-refractivity contribution is 7.85. The van der Waals surface area contributed by atoms with E-state index in [2.05, 4.69) is 30.2 Å². The maximum absolute atomic E-state index is 12.0. The first kappa shape index (κ1) is 33.5. The van der Waals surface area contributed by atoms with E-state index < -0.39 is 43.2 Å². The van der Waals surface area contributed by atoms with E-state index >= 15 is 0 Å². The summed E-state index contributed by atoms with van der Waals surface area (Å²) in [6.07, 6.45) is 2.51. The molecule has 45 heavy (non-hydrogen) atoms. The average Bonchev–Trinajstić information content (AvgIpc) is 2.87. The fourth-order valence-electron chi connectivity index (χ4n) is 7.49. The molecule has 2 unspecified atom stereocenters. The molecule has 0 aliphatic carbocycles. The summed E-state index contributed by atoms with van der Waals surface area (Å²) >= 11 is 0. The highest BCUT2D eigenvalue weighted by Gasteiger charge is 2.42. The molecule has 0 amide bonds. The van der Waals surface area contributed by atoms with Gasteiger partial charge in [-0.2, -0.15) is 0 Å². The Hall–Kier alpha value is -2.87. The number of anilines is 1. The van der Waals surface area contributed by atoms with Crippen LogP contribution in [0.3, 0.4) is 0 Å². The standard InChI is InChI=1S/C32H43N3O8S2/c1-20-17-31(3,4)35(11-8-12-44(37,38)39)27-15-29-25(13-23(20)27)33-26-14-24-22(19-45(40,41)42)18-32(5,6)34(10-7-9-21(2)36)28(24)16-30(26)43-29/h13-16,20,22H,7-12,17-19H2,1-6H3,(H-,37,38,39,40,41,42)/p-1. The Morgan fingerprint density at radius 3 is 2.36 bits per heavy atom. The van der Waals surface area contributed by atoms with Gasteiger partial charge in [0.15, 0.2) is 17.0 Å². The van der Waals surface area contributed by atoms with Crippen LogP contribution in [0, 0.1) is 0 Å². The molecule has 13 heteroatoms. The first-order valence-electron chi connectivity index (χ1n) is 15.4. The van der Waals surface area contributed by atoms with Gasteiger partial charge in [0.05, 0.1) is 26.3 Å². The second kappa shape index (κ2) is 11.7. The third-order valence-electron chi connectivity index (χ3n) is 9.33. The molecule has 246 valence electrons. The van der Waals surface area contributed by atoms with Gasteiger partial charge in [-0.05, 0) is 71.1 Å². The lowest BCUT2D eigenvalue weighted by Crippen LogP contribution is -2.54. The highest BCUT2D eigenvalue weighted by Crippen LogP contribution is 2.49. The van der Waals surface area contributed by atoms with Crippen molar-refractivity contribution in [3.63, 3.8) is 0 Å². The number of hydrogen-bond donors (Lipinski definition) is 0. The van der Waals surface area contributed by atoms with Gasteiger partial charge in [-0.15, -0.1) is 0 Å². The number of rotatable bonds is 10. The van der Waals surface area contributed by atoms with E-state index in [0.29, 0.717) is 54.9 Å². The topological polar surface area (TPSA) is 159 Å². The van der Waals surface area contributed by atoms with E-state index in [0.717, 1.165) is 28.6 Å². The van der Waals surface area contributed by atoms with Gasteiger partial charge in [0.2, 0.25) is 5.36 Å². The Kier molecular flexibility index (Phi) is 8.73. The smallest absolute Gasteiger partial charge is 0.207 e. The quantitative estimate of drug-likeness (QED) is 0.235. The first-order chi connectivity index (χ1) is 20.7. The number of benzene rings is 2. The molecule has 0 spiro atoms. The van der Waals surface area contributed by atoms with Gasteiger partial charge in [-0.25, -0.2) is 26.4 Å². The molecule has 0 saturated carbocycles. The second-order valence-corrected chi connectivity index (χ2v) is 17.0. The van der Waals surface area contributed by atoms with Crippen molar-refractivity contribution in [3.05, 3.63) is 46.1 Å². The highest BCUT2D eigenvalue weighted by atomic mass is 32.2. The van der Waals surface area contributed by atoms with Crippen molar-refractivity contribution < 1.29 is 35.5 Å².